The van der Waals surface area contributed by atoms with Gasteiger partial charge in [0.1, 0.15) is 17.4 Å². The van der Waals surface area contributed by atoms with Gasteiger partial charge in [0.05, 0.1) is 19.8 Å². The largest absolute Gasteiger partial charge is 0.488 e. The highest BCUT2D eigenvalue weighted by Gasteiger charge is 2.14. The Hall–Kier alpha value is -2.42. The van der Waals surface area contributed by atoms with E-state index in [1.54, 1.807) is 17.4 Å². The number of rotatable bonds is 7. The molecule has 1 atom stereocenters. The number of oxazole rings is 1. The highest BCUT2D eigenvalue weighted by Crippen LogP contribution is 2.26. The molecule has 4 rings (SSSR count). The number of morpholine rings is 1. The molecule has 8 heteroatoms. The van der Waals surface area contributed by atoms with Crippen LogP contribution in [0.15, 0.2) is 28.8 Å². The van der Waals surface area contributed by atoms with Crippen molar-refractivity contribution in [3.8, 4) is 5.75 Å². The normalized spacial score (nSPS) is 16.1. The first-order chi connectivity index (χ1) is 13.7. The molecule has 1 N–H and O–H groups in total. The Morgan fingerprint density at radius 1 is 1.32 bits per heavy atom. The number of fused-ring (bicyclic) bond motifs is 1. The van der Waals surface area contributed by atoms with Gasteiger partial charge in [0, 0.05) is 36.3 Å². The predicted octanol–water partition coefficient (Wildman–Crippen LogP) is 3.44. The van der Waals surface area contributed by atoms with Crippen molar-refractivity contribution in [2.24, 2.45) is 0 Å². The second-order valence-electron chi connectivity index (χ2n) is 6.49. The van der Waals surface area contributed by atoms with Crippen molar-refractivity contribution >= 4 is 39.7 Å². The highest BCUT2D eigenvalue weighted by molar-refractivity contribution is 7.16. The second-order valence-corrected chi connectivity index (χ2v) is 7.53. The Morgan fingerprint density at radius 2 is 2.18 bits per heavy atom. The Bertz CT molecular complexity index is 942. The van der Waals surface area contributed by atoms with Crippen LogP contribution in [0.2, 0.25) is 0 Å². The van der Waals surface area contributed by atoms with E-state index in [1.807, 2.05) is 37.4 Å². The Morgan fingerprint density at radius 3 is 2.96 bits per heavy atom. The third-order valence-corrected chi connectivity index (χ3v) is 5.54. The first kappa shape index (κ1) is 18.9. The minimum absolute atomic E-state index is 0.0137. The van der Waals surface area contributed by atoms with Crippen LogP contribution in [0, 0.1) is 0 Å². The van der Waals surface area contributed by atoms with Crippen molar-refractivity contribution < 1.29 is 19.0 Å². The Balaban J connectivity index is 1.46. The van der Waals surface area contributed by atoms with E-state index < -0.39 is 0 Å². The van der Waals surface area contributed by atoms with E-state index in [0.29, 0.717) is 17.2 Å². The zero-order chi connectivity index (χ0) is 19.3. The number of aliphatic hydroxyl groups is 1. The molecule has 0 amide bonds. The second kappa shape index (κ2) is 8.72. The molecule has 0 spiro atoms. The van der Waals surface area contributed by atoms with Gasteiger partial charge in [0.2, 0.25) is 5.89 Å². The lowest BCUT2D eigenvalue weighted by atomic mass is 10.2. The van der Waals surface area contributed by atoms with Gasteiger partial charge in [-0.15, -0.1) is 0 Å². The molecule has 1 saturated heterocycles. The number of thiazole rings is 1. The molecule has 1 unspecified atom stereocenters. The van der Waals surface area contributed by atoms with Crippen LogP contribution >= 0.6 is 11.3 Å². The lowest BCUT2D eigenvalue weighted by Gasteiger charge is -2.25. The van der Waals surface area contributed by atoms with Gasteiger partial charge in [0.25, 0.3) is 0 Å². The van der Waals surface area contributed by atoms with Crippen molar-refractivity contribution in [2.75, 3.05) is 37.8 Å². The maximum atomic E-state index is 9.28. The lowest BCUT2D eigenvalue weighted by molar-refractivity contribution is 0.112. The molecular weight excluding hydrogens is 378 g/mol. The fourth-order valence-corrected chi connectivity index (χ4v) is 3.79. The van der Waals surface area contributed by atoms with Gasteiger partial charge in [-0.25, -0.2) is 9.97 Å². The van der Waals surface area contributed by atoms with Crippen molar-refractivity contribution in [1.82, 2.24) is 9.97 Å². The standard InChI is InChI=1S/C20H23N3O4S/c1-2-14(13-24)26-15-3-5-17-18(11-15)27-19(22-17)6-4-16-12-21-20(28-16)23-7-9-25-10-8-23/h3-6,11-12,14,24H,2,7-10,13H2,1H3/b6-4+. The zero-order valence-electron chi connectivity index (χ0n) is 15.7. The molecule has 1 aromatic carbocycles. The Kier molecular flexibility index (Phi) is 5.90. The van der Waals surface area contributed by atoms with Gasteiger partial charge in [-0.05, 0) is 24.6 Å². The minimum atomic E-state index is -0.216. The molecule has 0 bridgehead atoms. The molecule has 1 fully saturated rings. The summed E-state index contributed by atoms with van der Waals surface area (Å²) < 4.78 is 16.9. The maximum absolute atomic E-state index is 9.28. The van der Waals surface area contributed by atoms with Crippen LogP contribution in [0.3, 0.4) is 0 Å². The summed E-state index contributed by atoms with van der Waals surface area (Å²) in [5.74, 6) is 1.19. The molecule has 1 aliphatic heterocycles. The van der Waals surface area contributed by atoms with Crippen molar-refractivity contribution in [3.63, 3.8) is 0 Å². The van der Waals surface area contributed by atoms with E-state index in [1.165, 1.54) is 0 Å². The number of anilines is 1. The smallest absolute Gasteiger partial charge is 0.220 e. The number of aliphatic hydroxyl groups excluding tert-OH is 1. The third-order valence-electron chi connectivity index (χ3n) is 4.52. The number of ether oxygens (including phenoxy) is 2. The number of benzene rings is 1. The van der Waals surface area contributed by atoms with E-state index >= 15 is 0 Å². The highest BCUT2D eigenvalue weighted by atomic mass is 32.1. The van der Waals surface area contributed by atoms with Crippen molar-refractivity contribution in [2.45, 2.75) is 19.4 Å². The molecule has 148 valence electrons. The van der Waals surface area contributed by atoms with Crippen molar-refractivity contribution in [1.29, 1.82) is 0 Å². The van der Waals surface area contributed by atoms with E-state index in [4.69, 9.17) is 13.9 Å². The predicted molar refractivity (Wildman–Crippen MR) is 110 cm³/mol. The van der Waals surface area contributed by atoms with Crippen molar-refractivity contribution in [3.05, 3.63) is 35.2 Å². The summed E-state index contributed by atoms with van der Waals surface area (Å²) in [6.07, 6.45) is 6.19. The molecule has 1 aliphatic rings. The van der Waals surface area contributed by atoms with E-state index in [0.717, 1.165) is 48.2 Å². The summed E-state index contributed by atoms with van der Waals surface area (Å²) in [4.78, 5) is 12.3. The lowest BCUT2D eigenvalue weighted by Crippen LogP contribution is -2.36. The van der Waals surface area contributed by atoms with E-state index in [-0.39, 0.29) is 12.7 Å². The van der Waals surface area contributed by atoms with Gasteiger partial charge in [0.15, 0.2) is 10.7 Å². The Labute approximate surface area is 167 Å². The summed E-state index contributed by atoms with van der Waals surface area (Å²) in [5, 5.41) is 10.3. The molecule has 0 aliphatic carbocycles. The summed E-state index contributed by atoms with van der Waals surface area (Å²) in [5.41, 5.74) is 1.42. The first-order valence-corrected chi connectivity index (χ1v) is 10.2. The average Bonchev–Trinajstić information content (AvgIpc) is 3.37. The molecule has 7 nitrogen and oxygen atoms in total. The summed E-state index contributed by atoms with van der Waals surface area (Å²) >= 11 is 1.64. The molecule has 0 saturated carbocycles. The summed E-state index contributed by atoms with van der Waals surface area (Å²) in [7, 11) is 0. The third kappa shape index (κ3) is 4.35. The molecule has 2 aromatic heterocycles. The first-order valence-electron chi connectivity index (χ1n) is 9.40. The molecule has 28 heavy (non-hydrogen) atoms. The number of aromatic nitrogens is 2. The number of hydrogen-bond donors (Lipinski definition) is 1. The minimum Gasteiger partial charge on any atom is -0.488 e. The fourth-order valence-electron chi connectivity index (χ4n) is 2.92. The van der Waals surface area contributed by atoms with E-state index in [9.17, 15) is 5.11 Å². The maximum Gasteiger partial charge on any atom is 0.220 e. The topological polar surface area (TPSA) is 80.9 Å². The van der Waals surface area contributed by atoms with Crippen LogP contribution in [0.5, 0.6) is 5.75 Å². The van der Waals surface area contributed by atoms with Gasteiger partial charge in [-0.1, -0.05) is 18.3 Å². The zero-order valence-corrected chi connectivity index (χ0v) is 16.5. The van der Waals surface area contributed by atoms with Crippen LogP contribution in [0.4, 0.5) is 5.13 Å². The van der Waals surface area contributed by atoms with Crippen LogP contribution in [0.25, 0.3) is 23.3 Å². The number of nitrogens with zero attached hydrogens (tertiary/aromatic N) is 3. The number of hydrogen-bond acceptors (Lipinski definition) is 8. The van der Waals surface area contributed by atoms with Crippen LogP contribution in [-0.4, -0.2) is 54.1 Å². The van der Waals surface area contributed by atoms with Gasteiger partial charge in [-0.2, -0.15) is 0 Å². The fraction of sp³-hybridized carbons (Fsp3) is 0.400. The van der Waals surface area contributed by atoms with E-state index in [2.05, 4.69) is 14.9 Å². The van der Waals surface area contributed by atoms with Crippen LogP contribution in [-0.2, 0) is 4.74 Å². The molecule has 3 heterocycles. The average molecular weight is 401 g/mol. The SMILES string of the molecule is CCC(CO)Oc1ccc2nc(/C=C/c3cnc(N4CCOCC4)s3)oc2c1. The quantitative estimate of drug-likeness (QED) is 0.649. The molecular formula is C20H23N3O4S. The summed E-state index contributed by atoms with van der Waals surface area (Å²) in [6, 6.07) is 5.51. The van der Waals surface area contributed by atoms with Crippen LogP contribution < -0.4 is 9.64 Å². The molecule has 0 radical (unpaired) electrons. The summed E-state index contributed by atoms with van der Waals surface area (Å²) in [6.45, 7) is 5.21. The molecule has 3 aromatic rings. The van der Waals surface area contributed by atoms with Gasteiger partial charge >= 0.3 is 0 Å². The van der Waals surface area contributed by atoms with Gasteiger partial charge in [-0.3, -0.25) is 0 Å². The monoisotopic (exact) mass is 401 g/mol. The van der Waals surface area contributed by atoms with Gasteiger partial charge < -0.3 is 23.9 Å². The van der Waals surface area contributed by atoms with Crippen LogP contribution in [0.1, 0.15) is 24.1 Å².